The molecule has 10 nitrogen and oxygen atoms in total. The van der Waals surface area contributed by atoms with E-state index < -0.39 is 0 Å². The highest BCUT2D eigenvalue weighted by atomic mass is 16.4. The molecule has 0 spiro atoms. The normalized spacial score (nSPS) is 11.4. The van der Waals surface area contributed by atoms with E-state index in [1.165, 1.54) is 0 Å². The molecule has 0 aliphatic carbocycles. The molecular weight excluding hydrogens is 526 g/mol. The van der Waals surface area contributed by atoms with Crippen molar-refractivity contribution in [3.63, 3.8) is 0 Å². The van der Waals surface area contributed by atoms with E-state index in [1.807, 2.05) is 47.3 Å². The first-order chi connectivity index (χ1) is 20.4. The van der Waals surface area contributed by atoms with Gasteiger partial charge >= 0.3 is 0 Å². The Morgan fingerprint density at radius 1 is 0.738 bits per heavy atom. The number of hydrogen-bond acceptors (Lipinski definition) is 9. The molecule has 218 valence electrons. The molecule has 3 aromatic heterocycles. The molecule has 0 aliphatic rings. The number of rotatable bonds is 14. The molecule has 0 saturated heterocycles. The molecule has 0 saturated carbocycles. The van der Waals surface area contributed by atoms with E-state index in [0.29, 0.717) is 41.8 Å². The second-order valence-corrected chi connectivity index (χ2v) is 11.2. The second kappa shape index (κ2) is 13.8. The van der Waals surface area contributed by atoms with Crippen molar-refractivity contribution in [2.45, 2.75) is 53.5 Å². The summed E-state index contributed by atoms with van der Waals surface area (Å²) in [6.45, 7) is 10.8. The number of oxazole rings is 1. The highest BCUT2D eigenvalue weighted by Crippen LogP contribution is 2.33. The molecule has 0 unspecified atom stereocenters. The van der Waals surface area contributed by atoms with E-state index in [4.69, 9.17) is 9.40 Å². The lowest BCUT2D eigenvalue weighted by molar-refractivity contribution is 0.476. The number of unbranched alkanes of at least 4 members (excludes halogenated alkanes) is 1. The fraction of sp³-hybridized carbons (Fsp3) is 0.375. The second-order valence-electron chi connectivity index (χ2n) is 11.2. The minimum absolute atomic E-state index is 0.462. The lowest BCUT2D eigenvalue weighted by Gasteiger charge is -2.11. The van der Waals surface area contributed by atoms with E-state index in [9.17, 15) is 0 Å². The smallest absolute Gasteiger partial charge is 0.228 e. The maximum atomic E-state index is 6.28. The summed E-state index contributed by atoms with van der Waals surface area (Å²) in [5, 5.41) is 15.3. The van der Waals surface area contributed by atoms with Crippen LogP contribution in [-0.2, 0) is 13.0 Å². The summed E-state index contributed by atoms with van der Waals surface area (Å²) in [6, 6.07) is 20.3. The Morgan fingerprint density at radius 3 is 1.98 bits per heavy atom. The molecule has 0 aliphatic heterocycles. The Labute approximate surface area is 247 Å². The third kappa shape index (κ3) is 7.78. The highest BCUT2D eigenvalue weighted by molar-refractivity contribution is 5.76. The van der Waals surface area contributed by atoms with E-state index in [1.54, 1.807) is 0 Å². The first-order valence-corrected chi connectivity index (χ1v) is 14.7. The number of benzene rings is 2. The predicted octanol–water partition coefficient (Wildman–Crippen LogP) is 6.61. The largest absolute Gasteiger partial charge is 0.440 e. The topological polar surface area (TPSA) is 119 Å². The van der Waals surface area contributed by atoms with E-state index >= 15 is 0 Å². The van der Waals surface area contributed by atoms with Gasteiger partial charge in [-0.3, -0.25) is 4.68 Å². The molecular formula is C32H39N9O. The number of nitrogens with zero attached hydrogens (tertiary/aromatic N) is 7. The van der Waals surface area contributed by atoms with Crippen molar-refractivity contribution in [3.05, 3.63) is 72.8 Å². The van der Waals surface area contributed by atoms with Crippen LogP contribution in [0, 0.1) is 11.8 Å². The molecule has 5 rings (SSSR count). The van der Waals surface area contributed by atoms with Gasteiger partial charge in [0.1, 0.15) is 5.69 Å². The maximum absolute atomic E-state index is 6.28. The standard InChI is InChI=1S/C32H39N9O/c1-22(2)19-33-31-36-30(37-32(38-31)34-20-23(3)4)26-21-41(40-39-26)18-12-11-17-27-35-28(24-13-7-5-8-14-24)29(42-27)25-15-9-6-10-16-25/h5-10,13-16,21-23H,11-12,17-20H2,1-4H3,(H2,33,34,36,37,38). The van der Waals surface area contributed by atoms with Crippen LogP contribution in [0.2, 0.25) is 0 Å². The van der Waals surface area contributed by atoms with Gasteiger partial charge in [-0.1, -0.05) is 93.6 Å². The van der Waals surface area contributed by atoms with Crippen molar-refractivity contribution in [3.8, 4) is 34.1 Å². The van der Waals surface area contributed by atoms with Crippen molar-refractivity contribution in [2.24, 2.45) is 11.8 Å². The summed E-state index contributed by atoms with van der Waals surface area (Å²) >= 11 is 0. The van der Waals surface area contributed by atoms with Gasteiger partial charge in [-0.2, -0.15) is 15.0 Å². The van der Waals surface area contributed by atoms with Crippen molar-refractivity contribution in [2.75, 3.05) is 23.7 Å². The van der Waals surface area contributed by atoms with Gasteiger partial charge in [-0.05, 0) is 24.7 Å². The summed E-state index contributed by atoms with van der Waals surface area (Å²) in [7, 11) is 0. The summed E-state index contributed by atoms with van der Waals surface area (Å²) in [6.07, 6.45) is 4.42. The van der Waals surface area contributed by atoms with Crippen LogP contribution in [0.25, 0.3) is 34.1 Å². The zero-order chi connectivity index (χ0) is 29.3. The molecule has 2 N–H and O–H groups in total. The van der Waals surface area contributed by atoms with Gasteiger partial charge in [0.15, 0.2) is 23.2 Å². The van der Waals surface area contributed by atoms with E-state index in [0.717, 1.165) is 60.8 Å². The van der Waals surface area contributed by atoms with Gasteiger partial charge < -0.3 is 15.1 Å². The molecule has 0 bridgehead atoms. The van der Waals surface area contributed by atoms with Crippen molar-refractivity contribution < 1.29 is 4.42 Å². The van der Waals surface area contributed by atoms with Gasteiger partial charge in [0, 0.05) is 37.2 Å². The van der Waals surface area contributed by atoms with Crippen LogP contribution in [-0.4, -0.2) is 48.0 Å². The number of nitrogens with one attached hydrogen (secondary N) is 2. The first-order valence-electron chi connectivity index (χ1n) is 14.7. The summed E-state index contributed by atoms with van der Waals surface area (Å²) in [5.41, 5.74) is 3.56. The molecule has 0 fully saturated rings. The van der Waals surface area contributed by atoms with Crippen LogP contribution in [0.15, 0.2) is 71.3 Å². The number of hydrogen-bond donors (Lipinski definition) is 2. The van der Waals surface area contributed by atoms with Gasteiger partial charge in [0.05, 0.1) is 6.20 Å². The third-order valence-corrected chi connectivity index (χ3v) is 6.52. The van der Waals surface area contributed by atoms with Gasteiger partial charge in [-0.15, -0.1) is 5.10 Å². The van der Waals surface area contributed by atoms with Crippen LogP contribution >= 0.6 is 0 Å². The lowest BCUT2D eigenvalue weighted by atomic mass is 10.1. The van der Waals surface area contributed by atoms with Crippen LogP contribution < -0.4 is 10.6 Å². The van der Waals surface area contributed by atoms with E-state index in [-0.39, 0.29) is 0 Å². The van der Waals surface area contributed by atoms with Crippen molar-refractivity contribution in [1.82, 2.24) is 34.9 Å². The number of aryl methyl sites for hydroxylation is 2. The monoisotopic (exact) mass is 565 g/mol. The lowest BCUT2D eigenvalue weighted by Crippen LogP contribution is -2.15. The van der Waals surface area contributed by atoms with Crippen LogP contribution in [0.1, 0.15) is 46.4 Å². The molecule has 0 radical (unpaired) electrons. The van der Waals surface area contributed by atoms with Crippen molar-refractivity contribution in [1.29, 1.82) is 0 Å². The summed E-state index contributed by atoms with van der Waals surface area (Å²) in [4.78, 5) is 18.6. The average molecular weight is 566 g/mol. The minimum atomic E-state index is 0.462. The molecule has 5 aromatic rings. The molecule has 2 aromatic carbocycles. The first kappa shape index (κ1) is 28.9. The van der Waals surface area contributed by atoms with Crippen LogP contribution in [0.5, 0.6) is 0 Å². The van der Waals surface area contributed by atoms with Crippen LogP contribution in [0.4, 0.5) is 11.9 Å². The zero-order valence-corrected chi connectivity index (χ0v) is 24.8. The van der Waals surface area contributed by atoms with Gasteiger partial charge in [0.2, 0.25) is 11.9 Å². The van der Waals surface area contributed by atoms with Gasteiger partial charge in [-0.25, -0.2) is 4.98 Å². The fourth-order valence-electron chi connectivity index (χ4n) is 4.35. The Kier molecular flexibility index (Phi) is 9.53. The van der Waals surface area contributed by atoms with Crippen LogP contribution in [0.3, 0.4) is 0 Å². The molecule has 10 heteroatoms. The Bertz CT molecular complexity index is 1460. The molecule has 0 atom stereocenters. The van der Waals surface area contributed by atoms with Gasteiger partial charge in [0.25, 0.3) is 0 Å². The van der Waals surface area contributed by atoms with Crippen molar-refractivity contribution >= 4 is 11.9 Å². The maximum Gasteiger partial charge on any atom is 0.228 e. The summed E-state index contributed by atoms with van der Waals surface area (Å²) in [5.74, 6) is 4.03. The minimum Gasteiger partial charge on any atom is -0.440 e. The molecule has 42 heavy (non-hydrogen) atoms. The number of anilines is 2. The molecule has 0 amide bonds. The quantitative estimate of drug-likeness (QED) is 0.143. The SMILES string of the molecule is CC(C)CNc1nc(NCC(C)C)nc(-c2cn(CCCCc3nc(-c4ccccc4)c(-c4ccccc4)o3)nn2)n1. The summed E-state index contributed by atoms with van der Waals surface area (Å²) < 4.78 is 8.12. The Balaban J connectivity index is 1.23. The predicted molar refractivity (Wildman–Crippen MR) is 166 cm³/mol. The fourth-order valence-corrected chi connectivity index (χ4v) is 4.35. The molecule has 3 heterocycles. The Hall–Kier alpha value is -4.60. The highest BCUT2D eigenvalue weighted by Gasteiger charge is 2.17. The number of aromatic nitrogens is 7. The third-order valence-electron chi connectivity index (χ3n) is 6.52. The Morgan fingerprint density at radius 2 is 1.36 bits per heavy atom. The zero-order valence-electron chi connectivity index (χ0n) is 24.8. The van der Waals surface area contributed by atoms with E-state index in [2.05, 4.69) is 87.9 Å². The average Bonchev–Trinajstić information content (AvgIpc) is 3.66.